The van der Waals surface area contributed by atoms with Crippen molar-refractivity contribution in [3.8, 4) is 5.75 Å². The Labute approximate surface area is 136 Å². The maximum atomic E-state index is 11.7. The van der Waals surface area contributed by atoms with Crippen LogP contribution in [0.2, 0.25) is 0 Å². The number of hydrogen-bond donors (Lipinski definition) is 1. The van der Waals surface area contributed by atoms with Crippen LogP contribution in [0.3, 0.4) is 0 Å². The van der Waals surface area contributed by atoms with E-state index < -0.39 is 0 Å². The van der Waals surface area contributed by atoms with Gasteiger partial charge < -0.3 is 4.74 Å². The first-order valence-electron chi connectivity index (χ1n) is 7.38. The predicted octanol–water partition coefficient (Wildman–Crippen LogP) is 3.58. The molecule has 0 fully saturated rings. The van der Waals surface area contributed by atoms with E-state index in [1.807, 2.05) is 74.5 Å². The van der Waals surface area contributed by atoms with Gasteiger partial charge in [-0.2, -0.15) is 5.10 Å². The van der Waals surface area contributed by atoms with E-state index in [0.717, 1.165) is 16.7 Å². The molecule has 0 bridgehead atoms. The minimum absolute atomic E-state index is 0.0676. The standard InChI is InChI=1S/C19H20N2O2/c1-15-8-10-18(11-9-15)23-14-19(22)21-20-13-16(2)12-17-6-4-3-5-7-17/h3-13H,14H2,1-2H3,(H,21,22)/b16-12+,20-13?. The monoisotopic (exact) mass is 308 g/mol. The number of benzene rings is 2. The molecule has 4 heteroatoms. The lowest BCUT2D eigenvalue weighted by Crippen LogP contribution is -2.24. The van der Waals surface area contributed by atoms with Crippen molar-refractivity contribution < 1.29 is 9.53 Å². The normalized spacial score (nSPS) is 11.5. The zero-order valence-corrected chi connectivity index (χ0v) is 13.3. The van der Waals surface area contributed by atoms with Crippen molar-refractivity contribution in [2.24, 2.45) is 5.10 Å². The van der Waals surface area contributed by atoms with Gasteiger partial charge in [-0.1, -0.05) is 54.1 Å². The third-order valence-corrected chi connectivity index (χ3v) is 3.04. The topological polar surface area (TPSA) is 50.7 Å². The minimum atomic E-state index is -0.297. The molecule has 0 radical (unpaired) electrons. The summed E-state index contributed by atoms with van der Waals surface area (Å²) in [5.74, 6) is 0.365. The minimum Gasteiger partial charge on any atom is -0.484 e. The van der Waals surface area contributed by atoms with Crippen LogP contribution in [-0.4, -0.2) is 18.7 Å². The van der Waals surface area contributed by atoms with Gasteiger partial charge in [-0.15, -0.1) is 0 Å². The van der Waals surface area contributed by atoms with Crippen LogP contribution in [-0.2, 0) is 4.79 Å². The van der Waals surface area contributed by atoms with E-state index in [1.165, 1.54) is 0 Å². The molecule has 0 unspecified atom stereocenters. The molecule has 1 amide bonds. The highest BCUT2D eigenvalue weighted by Gasteiger charge is 2.00. The molecule has 0 saturated carbocycles. The summed E-state index contributed by atoms with van der Waals surface area (Å²) in [6.07, 6.45) is 3.59. The van der Waals surface area contributed by atoms with E-state index in [9.17, 15) is 4.79 Å². The molecule has 118 valence electrons. The Kier molecular flexibility index (Phi) is 6.12. The Hall–Kier alpha value is -2.88. The average molecular weight is 308 g/mol. The summed E-state index contributed by atoms with van der Waals surface area (Å²) in [7, 11) is 0. The van der Waals surface area contributed by atoms with Crippen molar-refractivity contribution in [1.29, 1.82) is 0 Å². The van der Waals surface area contributed by atoms with Crippen LogP contribution in [0.15, 0.2) is 65.3 Å². The molecule has 1 N–H and O–H groups in total. The van der Waals surface area contributed by atoms with Crippen molar-refractivity contribution >= 4 is 18.2 Å². The summed E-state index contributed by atoms with van der Waals surface area (Å²) in [6.45, 7) is 3.85. The van der Waals surface area contributed by atoms with Gasteiger partial charge in [0.1, 0.15) is 5.75 Å². The number of aryl methyl sites for hydroxylation is 1. The van der Waals surface area contributed by atoms with Gasteiger partial charge in [-0.05, 0) is 37.1 Å². The number of nitrogens with zero attached hydrogens (tertiary/aromatic N) is 1. The molecule has 0 spiro atoms. The molecule has 4 nitrogen and oxygen atoms in total. The number of rotatable bonds is 6. The molecule has 2 rings (SSSR count). The number of nitrogens with one attached hydrogen (secondary N) is 1. The van der Waals surface area contributed by atoms with Crippen molar-refractivity contribution in [2.75, 3.05) is 6.61 Å². The first-order chi connectivity index (χ1) is 11.1. The van der Waals surface area contributed by atoms with Crippen molar-refractivity contribution in [3.05, 3.63) is 71.3 Å². The summed E-state index contributed by atoms with van der Waals surface area (Å²) in [5.41, 5.74) is 5.62. The summed E-state index contributed by atoms with van der Waals surface area (Å²) >= 11 is 0. The first-order valence-corrected chi connectivity index (χ1v) is 7.38. The van der Waals surface area contributed by atoms with Gasteiger partial charge in [0.2, 0.25) is 0 Å². The second-order valence-corrected chi connectivity index (χ2v) is 5.19. The average Bonchev–Trinajstić information content (AvgIpc) is 2.55. The molecule has 23 heavy (non-hydrogen) atoms. The zero-order valence-electron chi connectivity index (χ0n) is 13.3. The smallest absolute Gasteiger partial charge is 0.277 e. The van der Waals surface area contributed by atoms with Gasteiger partial charge >= 0.3 is 0 Å². The van der Waals surface area contributed by atoms with E-state index in [4.69, 9.17) is 4.74 Å². The number of hydrogen-bond acceptors (Lipinski definition) is 3. The summed E-state index contributed by atoms with van der Waals surface area (Å²) < 4.78 is 5.38. The van der Waals surface area contributed by atoms with E-state index in [0.29, 0.717) is 5.75 Å². The van der Waals surface area contributed by atoms with Crippen LogP contribution >= 0.6 is 0 Å². The van der Waals surface area contributed by atoms with Crippen LogP contribution < -0.4 is 10.2 Å². The van der Waals surface area contributed by atoms with Gasteiger partial charge in [0.25, 0.3) is 5.91 Å². The van der Waals surface area contributed by atoms with Crippen LogP contribution in [0, 0.1) is 6.92 Å². The van der Waals surface area contributed by atoms with Crippen LogP contribution in [0.5, 0.6) is 5.75 Å². The molecular formula is C19H20N2O2. The Morgan fingerprint density at radius 1 is 1.13 bits per heavy atom. The second-order valence-electron chi connectivity index (χ2n) is 5.19. The number of carbonyl (C=O) groups excluding carboxylic acids is 1. The van der Waals surface area contributed by atoms with Gasteiger partial charge in [0.05, 0.1) is 6.21 Å². The summed E-state index contributed by atoms with van der Waals surface area (Å²) in [5, 5.41) is 3.92. The number of carbonyl (C=O) groups is 1. The molecular weight excluding hydrogens is 288 g/mol. The Morgan fingerprint density at radius 3 is 2.52 bits per heavy atom. The lowest BCUT2D eigenvalue weighted by atomic mass is 10.1. The molecule has 0 aliphatic carbocycles. The van der Waals surface area contributed by atoms with E-state index in [1.54, 1.807) is 6.21 Å². The van der Waals surface area contributed by atoms with E-state index in [2.05, 4.69) is 10.5 Å². The SMILES string of the molecule is C/C(C=NNC(=O)COc1ccc(C)cc1)=C\c1ccccc1. The molecule has 0 aromatic heterocycles. The maximum absolute atomic E-state index is 11.7. The fourth-order valence-corrected chi connectivity index (χ4v) is 1.87. The number of amides is 1. The molecule has 0 aliphatic rings. The second kappa shape index (κ2) is 8.54. The molecule has 2 aromatic carbocycles. The molecule has 0 heterocycles. The highest BCUT2D eigenvalue weighted by atomic mass is 16.5. The van der Waals surface area contributed by atoms with E-state index >= 15 is 0 Å². The Bertz CT molecular complexity index is 689. The van der Waals surface area contributed by atoms with Gasteiger partial charge in [0.15, 0.2) is 6.61 Å². The molecule has 2 aromatic rings. The highest BCUT2D eigenvalue weighted by molar-refractivity contribution is 5.86. The van der Waals surface area contributed by atoms with Crippen LogP contribution in [0.25, 0.3) is 6.08 Å². The van der Waals surface area contributed by atoms with Gasteiger partial charge in [0, 0.05) is 0 Å². The lowest BCUT2D eigenvalue weighted by molar-refractivity contribution is -0.123. The molecule has 0 aliphatic heterocycles. The molecule has 0 saturated heterocycles. The van der Waals surface area contributed by atoms with Gasteiger partial charge in [-0.25, -0.2) is 5.43 Å². The fraction of sp³-hybridized carbons (Fsp3) is 0.158. The maximum Gasteiger partial charge on any atom is 0.277 e. The third kappa shape index (κ3) is 6.18. The zero-order chi connectivity index (χ0) is 16.5. The Morgan fingerprint density at radius 2 is 1.83 bits per heavy atom. The number of allylic oxidation sites excluding steroid dienone is 1. The number of hydrazone groups is 1. The van der Waals surface area contributed by atoms with Crippen LogP contribution in [0.4, 0.5) is 0 Å². The predicted molar refractivity (Wildman–Crippen MR) is 93.4 cm³/mol. The Balaban J connectivity index is 1.77. The molecule has 0 atom stereocenters. The van der Waals surface area contributed by atoms with E-state index in [-0.39, 0.29) is 12.5 Å². The number of ether oxygens (including phenoxy) is 1. The highest BCUT2D eigenvalue weighted by Crippen LogP contribution is 2.10. The van der Waals surface area contributed by atoms with Crippen LogP contribution in [0.1, 0.15) is 18.1 Å². The quantitative estimate of drug-likeness (QED) is 0.655. The van der Waals surface area contributed by atoms with Gasteiger partial charge in [-0.3, -0.25) is 4.79 Å². The first kappa shape index (κ1) is 16.5. The largest absolute Gasteiger partial charge is 0.484 e. The fourth-order valence-electron chi connectivity index (χ4n) is 1.87. The van der Waals surface area contributed by atoms with Crippen molar-refractivity contribution in [3.63, 3.8) is 0 Å². The summed E-state index contributed by atoms with van der Waals surface area (Å²) in [6, 6.07) is 17.5. The van der Waals surface area contributed by atoms with Crippen molar-refractivity contribution in [2.45, 2.75) is 13.8 Å². The summed E-state index contributed by atoms with van der Waals surface area (Å²) in [4.78, 5) is 11.7. The van der Waals surface area contributed by atoms with Crippen molar-refractivity contribution in [1.82, 2.24) is 5.43 Å². The lowest BCUT2D eigenvalue weighted by Gasteiger charge is -2.05. The third-order valence-electron chi connectivity index (χ3n) is 3.04.